The van der Waals surface area contributed by atoms with Gasteiger partial charge in [-0.2, -0.15) is 0 Å². The Hall–Kier alpha value is -0.900. The molecule has 1 atom stereocenters. The minimum Gasteiger partial charge on any atom is -0.385 e. The Labute approximate surface area is 102 Å². The second-order valence-electron chi connectivity index (χ2n) is 4.85. The van der Waals surface area contributed by atoms with Gasteiger partial charge in [-0.05, 0) is 40.5 Å². The van der Waals surface area contributed by atoms with Crippen LogP contribution in [0, 0.1) is 17.3 Å². The van der Waals surface area contributed by atoms with Gasteiger partial charge < -0.3 is 5.32 Å². The normalized spacial score (nSPS) is 14.0. The molecule has 0 radical (unpaired) electrons. The molecule has 0 aromatic rings. The van der Waals surface area contributed by atoms with Gasteiger partial charge in [0.25, 0.3) is 0 Å². The smallest absolute Gasteiger partial charge is 0.0456 e. The van der Waals surface area contributed by atoms with Crippen LogP contribution in [-0.4, -0.2) is 6.04 Å². The van der Waals surface area contributed by atoms with Crippen LogP contribution in [0.1, 0.15) is 60.8 Å². The highest BCUT2D eigenvalue weighted by Gasteiger charge is 2.23. The van der Waals surface area contributed by atoms with E-state index in [9.17, 15) is 0 Å². The van der Waals surface area contributed by atoms with Gasteiger partial charge >= 0.3 is 0 Å². The fourth-order valence-electron chi connectivity index (χ4n) is 1.64. The molecule has 0 aromatic carbocycles. The lowest BCUT2D eigenvalue weighted by Crippen LogP contribution is -2.38. The standard InChI is InChI=1S/C15H27N/c1-7-10-14(11-8-2)16-13(4)15(5,6)12-9-3/h10,13,16H,7-8,11H2,1-6H3. The summed E-state index contributed by atoms with van der Waals surface area (Å²) in [6.45, 7) is 12.9. The zero-order valence-corrected chi connectivity index (χ0v) is 11.8. The van der Waals surface area contributed by atoms with E-state index in [1.807, 2.05) is 6.92 Å². The first kappa shape index (κ1) is 15.1. The van der Waals surface area contributed by atoms with Crippen LogP contribution >= 0.6 is 0 Å². The average molecular weight is 221 g/mol. The summed E-state index contributed by atoms with van der Waals surface area (Å²) < 4.78 is 0. The van der Waals surface area contributed by atoms with Gasteiger partial charge in [0, 0.05) is 17.2 Å². The third kappa shape index (κ3) is 5.26. The number of hydrogen-bond donors (Lipinski definition) is 1. The van der Waals surface area contributed by atoms with Crippen molar-refractivity contribution in [1.29, 1.82) is 0 Å². The number of rotatable bonds is 6. The number of allylic oxidation sites excluding steroid dienone is 2. The van der Waals surface area contributed by atoms with Gasteiger partial charge in [0.1, 0.15) is 0 Å². The highest BCUT2D eigenvalue weighted by atomic mass is 14.9. The molecule has 0 aliphatic rings. The SMILES string of the molecule is CC#CC(C)(C)C(C)NC(=CCC)CCC. The number of nitrogens with one attached hydrogen (secondary N) is 1. The zero-order chi connectivity index (χ0) is 12.6. The first-order valence-electron chi connectivity index (χ1n) is 6.37. The third-order valence-electron chi connectivity index (χ3n) is 2.90. The van der Waals surface area contributed by atoms with Crippen molar-refractivity contribution < 1.29 is 0 Å². The van der Waals surface area contributed by atoms with E-state index in [2.05, 4.69) is 57.9 Å². The highest BCUT2D eigenvalue weighted by Crippen LogP contribution is 2.20. The molecule has 0 amide bonds. The second kappa shape index (κ2) is 7.39. The Kier molecular flexibility index (Phi) is 6.97. The maximum atomic E-state index is 3.60. The third-order valence-corrected chi connectivity index (χ3v) is 2.90. The minimum atomic E-state index is 0.0231. The predicted octanol–water partition coefficient (Wildman–Crippen LogP) is 4.11. The summed E-state index contributed by atoms with van der Waals surface area (Å²) in [6.07, 6.45) is 5.70. The van der Waals surface area contributed by atoms with Crippen molar-refractivity contribution in [3.05, 3.63) is 11.8 Å². The molecule has 0 aliphatic heterocycles. The number of hydrogen-bond acceptors (Lipinski definition) is 1. The Morgan fingerprint density at radius 3 is 2.44 bits per heavy atom. The highest BCUT2D eigenvalue weighted by molar-refractivity contribution is 5.13. The summed E-state index contributed by atoms with van der Waals surface area (Å²) in [5.74, 6) is 6.29. The molecule has 0 heterocycles. The average Bonchev–Trinajstić information content (AvgIpc) is 2.18. The van der Waals surface area contributed by atoms with Crippen molar-refractivity contribution in [3.63, 3.8) is 0 Å². The lowest BCUT2D eigenvalue weighted by atomic mass is 9.86. The van der Waals surface area contributed by atoms with Gasteiger partial charge in [-0.25, -0.2) is 0 Å². The summed E-state index contributed by atoms with van der Waals surface area (Å²) in [4.78, 5) is 0. The van der Waals surface area contributed by atoms with Crippen molar-refractivity contribution in [1.82, 2.24) is 5.32 Å². The fourth-order valence-corrected chi connectivity index (χ4v) is 1.64. The van der Waals surface area contributed by atoms with Gasteiger partial charge in [-0.3, -0.25) is 0 Å². The van der Waals surface area contributed by atoms with E-state index in [0.29, 0.717) is 6.04 Å². The van der Waals surface area contributed by atoms with E-state index in [0.717, 1.165) is 12.8 Å². The molecule has 16 heavy (non-hydrogen) atoms. The van der Waals surface area contributed by atoms with E-state index in [-0.39, 0.29) is 5.41 Å². The molecular weight excluding hydrogens is 194 g/mol. The van der Waals surface area contributed by atoms with Crippen molar-refractivity contribution in [2.24, 2.45) is 5.41 Å². The maximum Gasteiger partial charge on any atom is 0.0456 e. The van der Waals surface area contributed by atoms with Gasteiger partial charge in [0.2, 0.25) is 0 Å². The van der Waals surface area contributed by atoms with Crippen LogP contribution in [0.2, 0.25) is 0 Å². The Bertz CT molecular complexity index is 276. The lowest BCUT2D eigenvalue weighted by Gasteiger charge is -2.29. The first-order valence-corrected chi connectivity index (χ1v) is 6.37. The molecule has 0 saturated heterocycles. The molecule has 0 bridgehead atoms. The van der Waals surface area contributed by atoms with E-state index >= 15 is 0 Å². The Morgan fingerprint density at radius 2 is 2.00 bits per heavy atom. The largest absolute Gasteiger partial charge is 0.385 e. The summed E-state index contributed by atoms with van der Waals surface area (Å²) in [5.41, 5.74) is 1.39. The minimum absolute atomic E-state index is 0.0231. The van der Waals surface area contributed by atoms with Gasteiger partial charge in [0.15, 0.2) is 0 Å². The van der Waals surface area contributed by atoms with Crippen LogP contribution in [0.4, 0.5) is 0 Å². The topological polar surface area (TPSA) is 12.0 Å². The van der Waals surface area contributed by atoms with E-state index in [1.54, 1.807) is 0 Å². The maximum absolute atomic E-state index is 3.60. The van der Waals surface area contributed by atoms with Crippen LogP contribution in [0.25, 0.3) is 0 Å². The molecule has 1 heteroatoms. The van der Waals surface area contributed by atoms with Crippen molar-refractivity contribution in [2.45, 2.75) is 66.8 Å². The molecule has 0 aliphatic carbocycles. The van der Waals surface area contributed by atoms with Crippen LogP contribution in [-0.2, 0) is 0 Å². The Morgan fingerprint density at radius 1 is 1.38 bits per heavy atom. The summed E-state index contributed by atoms with van der Waals surface area (Å²) in [7, 11) is 0. The van der Waals surface area contributed by atoms with Crippen LogP contribution in [0.15, 0.2) is 11.8 Å². The van der Waals surface area contributed by atoms with E-state index < -0.39 is 0 Å². The molecule has 0 spiro atoms. The first-order chi connectivity index (χ1) is 7.47. The van der Waals surface area contributed by atoms with Crippen LogP contribution in [0.3, 0.4) is 0 Å². The fraction of sp³-hybridized carbons (Fsp3) is 0.733. The summed E-state index contributed by atoms with van der Waals surface area (Å²) >= 11 is 0. The second-order valence-corrected chi connectivity index (χ2v) is 4.85. The molecule has 0 fully saturated rings. The van der Waals surface area contributed by atoms with Crippen molar-refractivity contribution in [3.8, 4) is 11.8 Å². The summed E-state index contributed by atoms with van der Waals surface area (Å²) in [6, 6.07) is 0.379. The molecule has 0 saturated carbocycles. The van der Waals surface area contributed by atoms with Crippen LogP contribution < -0.4 is 5.32 Å². The molecule has 1 unspecified atom stereocenters. The molecular formula is C15H27N. The molecule has 0 aromatic heterocycles. The van der Waals surface area contributed by atoms with Gasteiger partial charge in [-0.15, -0.1) is 5.92 Å². The molecule has 92 valence electrons. The quantitative estimate of drug-likeness (QED) is 0.666. The van der Waals surface area contributed by atoms with E-state index in [4.69, 9.17) is 0 Å². The van der Waals surface area contributed by atoms with Crippen molar-refractivity contribution >= 4 is 0 Å². The predicted molar refractivity (Wildman–Crippen MR) is 73.1 cm³/mol. The van der Waals surface area contributed by atoms with E-state index in [1.165, 1.54) is 12.1 Å². The zero-order valence-electron chi connectivity index (χ0n) is 11.8. The molecule has 1 N–H and O–H groups in total. The molecule has 1 nitrogen and oxygen atoms in total. The van der Waals surface area contributed by atoms with Crippen molar-refractivity contribution in [2.75, 3.05) is 0 Å². The Balaban J connectivity index is 4.54. The van der Waals surface area contributed by atoms with Crippen LogP contribution in [0.5, 0.6) is 0 Å². The van der Waals surface area contributed by atoms with Gasteiger partial charge in [0.05, 0.1) is 0 Å². The van der Waals surface area contributed by atoms with Gasteiger partial charge in [-0.1, -0.05) is 32.3 Å². The molecule has 0 rings (SSSR count). The summed E-state index contributed by atoms with van der Waals surface area (Å²) in [5, 5.41) is 3.60. The lowest BCUT2D eigenvalue weighted by molar-refractivity contribution is 0.361. The monoisotopic (exact) mass is 221 g/mol.